The fraction of sp³-hybridized carbons (Fsp3) is 0.478. The van der Waals surface area contributed by atoms with E-state index in [4.69, 9.17) is 10.5 Å². The van der Waals surface area contributed by atoms with Crippen molar-refractivity contribution in [3.8, 4) is 0 Å². The minimum Gasteiger partial charge on any atom is -0.380 e. The van der Waals surface area contributed by atoms with Crippen LogP contribution in [-0.4, -0.2) is 36.7 Å². The third kappa shape index (κ3) is 4.53. The summed E-state index contributed by atoms with van der Waals surface area (Å²) in [5, 5.41) is 5.84. The van der Waals surface area contributed by atoms with Crippen LogP contribution in [0.1, 0.15) is 43.4 Å². The molecule has 2 aliphatic rings. The highest BCUT2D eigenvalue weighted by Crippen LogP contribution is 2.40. The van der Waals surface area contributed by atoms with Crippen molar-refractivity contribution in [1.82, 2.24) is 10.3 Å². The number of nitrogens with two attached hydrogens (primary N) is 1. The van der Waals surface area contributed by atoms with Crippen LogP contribution >= 0.6 is 0 Å². The van der Waals surface area contributed by atoms with Crippen LogP contribution in [-0.2, 0) is 15.1 Å². The molecule has 1 saturated heterocycles. The largest absolute Gasteiger partial charge is 0.380 e. The van der Waals surface area contributed by atoms with Crippen molar-refractivity contribution < 1.29 is 13.9 Å². The van der Waals surface area contributed by atoms with E-state index in [1.165, 1.54) is 18.9 Å². The van der Waals surface area contributed by atoms with Crippen molar-refractivity contribution in [1.29, 1.82) is 0 Å². The number of methoxy groups -OCH3 is 1. The number of rotatable bonds is 8. The standard InChI is InChI=1S/C23H29FN4O2/c1-30-17-13-20(27-14-17)22(29)28-19-12-16(7-8-18(19)24)23(25,10-9-15-5-6-15)21-4-2-3-11-26-21/h2-4,7-8,11-12,15,17,20,27H,5-6,9-10,13-14,25H2,1H3,(H,28,29). The molecule has 3 atom stereocenters. The Morgan fingerprint density at radius 3 is 2.87 bits per heavy atom. The number of anilines is 1. The molecular weight excluding hydrogens is 383 g/mol. The average molecular weight is 413 g/mol. The maximum atomic E-state index is 14.6. The summed E-state index contributed by atoms with van der Waals surface area (Å²) in [5.74, 6) is -0.0542. The van der Waals surface area contributed by atoms with E-state index in [1.54, 1.807) is 25.4 Å². The molecule has 30 heavy (non-hydrogen) atoms. The van der Waals surface area contributed by atoms with E-state index >= 15 is 0 Å². The number of ether oxygens (including phenoxy) is 1. The summed E-state index contributed by atoms with van der Waals surface area (Å²) in [5.41, 5.74) is 7.68. The fourth-order valence-electron chi connectivity index (χ4n) is 4.09. The van der Waals surface area contributed by atoms with Crippen molar-refractivity contribution >= 4 is 11.6 Å². The summed E-state index contributed by atoms with van der Waals surface area (Å²) in [6.07, 6.45) is 6.45. The molecule has 6 nitrogen and oxygen atoms in total. The molecule has 1 amide bonds. The normalized spacial score (nSPS) is 23.2. The second-order valence-corrected chi connectivity index (χ2v) is 8.41. The van der Waals surface area contributed by atoms with Gasteiger partial charge in [0, 0.05) is 19.9 Å². The summed E-state index contributed by atoms with van der Waals surface area (Å²) in [4.78, 5) is 17.1. The predicted molar refractivity (Wildman–Crippen MR) is 113 cm³/mol. The van der Waals surface area contributed by atoms with Gasteiger partial charge in [0.25, 0.3) is 0 Å². The molecule has 2 heterocycles. The number of nitrogens with one attached hydrogen (secondary N) is 2. The summed E-state index contributed by atoms with van der Waals surface area (Å²) >= 11 is 0. The number of hydrogen-bond donors (Lipinski definition) is 3. The lowest BCUT2D eigenvalue weighted by atomic mass is 9.82. The fourth-order valence-corrected chi connectivity index (χ4v) is 4.09. The third-order valence-electron chi connectivity index (χ3n) is 6.25. The summed E-state index contributed by atoms with van der Waals surface area (Å²) < 4.78 is 19.8. The summed E-state index contributed by atoms with van der Waals surface area (Å²) in [6, 6.07) is 9.97. The van der Waals surface area contributed by atoms with Crippen LogP contribution in [0.2, 0.25) is 0 Å². The molecule has 1 aromatic carbocycles. The van der Waals surface area contributed by atoms with Gasteiger partial charge in [0.15, 0.2) is 0 Å². The molecule has 3 unspecified atom stereocenters. The number of amides is 1. The van der Waals surface area contributed by atoms with E-state index in [0.29, 0.717) is 25.3 Å². The molecule has 2 aromatic rings. The summed E-state index contributed by atoms with van der Waals surface area (Å²) in [6.45, 7) is 0.601. The molecule has 4 rings (SSSR count). The first-order chi connectivity index (χ1) is 14.5. The highest BCUT2D eigenvalue weighted by molar-refractivity contribution is 5.95. The number of pyridine rings is 1. The van der Waals surface area contributed by atoms with Gasteiger partial charge >= 0.3 is 0 Å². The number of nitrogens with zero attached hydrogens (tertiary/aromatic N) is 1. The van der Waals surface area contributed by atoms with Crippen LogP contribution in [0.25, 0.3) is 0 Å². The van der Waals surface area contributed by atoms with Gasteiger partial charge in [-0.3, -0.25) is 9.78 Å². The smallest absolute Gasteiger partial charge is 0.241 e. The lowest BCUT2D eigenvalue weighted by Gasteiger charge is -2.30. The van der Waals surface area contributed by atoms with E-state index in [-0.39, 0.29) is 17.7 Å². The highest BCUT2D eigenvalue weighted by Gasteiger charge is 2.35. The number of aromatic nitrogens is 1. The molecule has 1 aliphatic carbocycles. The maximum absolute atomic E-state index is 14.6. The second-order valence-electron chi connectivity index (χ2n) is 8.41. The average Bonchev–Trinajstić information content (AvgIpc) is 3.48. The number of carbonyl (C=O) groups is 1. The lowest BCUT2D eigenvalue weighted by molar-refractivity contribution is -0.118. The van der Waals surface area contributed by atoms with Gasteiger partial charge in [0.2, 0.25) is 5.91 Å². The van der Waals surface area contributed by atoms with Gasteiger partial charge in [0.1, 0.15) is 5.82 Å². The van der Waals surface area contributed by atoms with Crippen molar-refractivity contribution in [2.45, 2.75) is 49.8 Å². The molecule has 4 N–H and O–H groups in total. The van der Waals surface area contributed by atoms with Crippen molar-refractivity contribution in [3.05, 3.63) is 59.7 Å². The Balaban J connectivity index is 1.58. The Hall–Kier alpha value is -2.35. The van der Waals surface area contributed by atoms with E-state index in [0.717, 1.165) is 17.7 Å². The van der Waals surface area contributed by atoms with Gasteiger partial charge in [-0.1, -0.05) is 25.0 Å². The Labute approximate surface area is 176 Å². The van der Waals surface area contributed by atoms with Crippen LogP contribution in [0.5, 0.6) is 0 Å². The van der Waals surface area contributed by atoms with Crippen molar-refractivity contribution in [3.63, 3.8) is 0 Å². The SMILES string of the molecule is COC1CNC(C(=O)Nc2cc(C(N)(CCC3CC3)c3ccccn3)ccc2F)C1. The first-order valence-corrected chi connectivity index (χ1v) is 10.6. The quantitative estimate of drug-likeness (QED) is 0.620. The second kappa shape index (κ2) is 8.79. The van der Waals surface area contributed by atoms with Crippen LogP contribution < -0.4 is 16.4 Å². The maximum Gasteiger partial charge on any atom is 0.241 e. The van der Waals surface area contributed by atoms with Crippen molar-refractivity contribution in [2.75, 3.05) is 19.0 Å². The molecule has 160 valence electrons. The number of halogens is 1. The number of hydrogen-bond acceptors (Lipinski definition) is 5. The number of benzene rings is 1. The van der Waals surface area contributed by atoms with E-state index < -0.39 is 17.4 Å². The van der Waals surface area contributed by atoms with Gasteiger partial charge in [-0.05, 0) is 55.0 Å². The Morgan fingerprint density at radius 1 is 1.37 bits per heavy atom. The number of carbonyl (C=O) groups excluding carboxylic acids is 1. The predicted octanol–water partition coefficient (Wildman–Crippen LogP) is 2.93. The van der Waals surface area contributed by atoms with E-state index in [1.807, 2.05) is 18.2 Å². The lowest BCUT2D eigenvalue weighted by Crippen LogP contribution is -2.39. The molecule has 1 aromatic heterocycles. The van der Waals surface area contributed by atoms with Gasteiger partial charge in [-0.15, -0.1) is 0 Å². The highest BCUT2D eigenvalue weighted by atomic mass is 19.1. The van der Waals surface area contributed by atoms with Gasteiger partial charge < -0.3 is 21.1 Å². The van der Waals surface area contributed by atoms with Crippen LogP contribution in [0.3, 0.4) is 0 Å². The molecular formula is C23H29FN4O2. The zero-order chi connectivity index (χ0) is 21.1. The van der Waals surface area contributed by atoms with Gasteiger partial charge in [0.05, 0.1) is 29.1 Å². The first-order valence-electron chi connectivity index (χ1n) is 10.6. The Bertz CT molecular complexity index is 890. The molecule has 0 spiro atoms. The minimum atomic E-state index is -0.843. The Kier molecular flexibility index (Phi) is 6.13. The molecule has 2 fully saturated rings. The van der Waals surface area contributed by atoms with Crippen LogP contribution in [0.4, 0.5) is 10.1 Å². The molecule has 7 heteroatoms. The third-order valence-corrected chi connectivity index (χ3v) is 6.25. The summed E-state index contributed by atoms with van der Waals surface area (Å²) in [7, 11) is 1.62. The Morgan fingerprint density at radius 2 is 2.20 bits per heavy atom. The molecule has 1 aliphatic heterocycles. The monoisotopic (exact) mass is 412 g/mol. The minimum absolute atomic E-state index is 0.0137. The van der Waals surface area contributed by atoms with Gasteiger partial charge in [-0.2, -0.15) is 0 Å². The van der Waals surface area contributed by atoms with Gasteiger partial charge in [-0.25, -0.2) is 4.39 Å². The molecule has 0 bridgehead atoms. The first kappa shape index (κ1) is 20.9. The molecule has 0 radical (unpaired) electrons. The molecule has 1 saturated carbocycles. The zero-order valence-corrected chi connectivity index (χ0v) is 17.2. The van der Waals surface area contributed by atoms with Crippen molar-refractivity contribution in [2.24, 2.45) is 11.7 Å². The zero-order valence-electron chi connectivity index (χ0n) is 17.2. The van der Waals surface area contributed by atoms with Crippen LogP contribution in [0.15, 0.2) is 42.6 Å². The van der Waals surface area contributed by atoms with Crippen LogP contribution in [0, 0.1) is 11.7 Å². The van der Waals surface area contributed by atoms with E-state index in [9.17, 15) is 9.18 Å². The van der Waals surface area contributed by atoms with E-state index in [2.05, 4.69) is 15.6 Å². The topological polar surface area (TPSA) is 89.3 Å².